The van der Waals surface area contributed by atoms with Gasteiger partial charge < -0.3 is 14.8 Å². The number of hydrogen-bond acceptors (Lipinski definition) is 4. The summed E-state index contributed by atoms with van der Waals surface area (Å²) in [4.78, 5) is 11.9. The molecular weight excluding hydrogens is 366 g/mol. The van der Waals surface area contributed by atoms with E-state index in [1.54, 1.807) is 10.7 Å². The van der Waals surface area contributed by atoms with Crippen LogP contribution in [0.1, 0.15) is 45.9 Å². The van der Waals surface area contributed by atoms with E-state index in [1.165, 1.54) is 0 Å². The van der Waals surface area contributed by atoms with Crippen LogP contribution in [0, 0.1) is 12.8 Å². The van der Waals surface area contributed by atoms with Crippen LogP contribution in [0.3, 0.4) is 0 Å². The lowest BCUT2D eigenvalue weighted by atomic mass is 10.1. The highest BCUT2D eigenvalue weighted by atomic mass is 35.5. The molecule has 1 amide bonds. The van der Waals surface area contributed by atoms with Crippen LogP contribution in [-0.2, 0) is 6.54 Å². The number of carbonyl (C=O) groups excluding carboxylic acids is 1. The van der Waals surface area contributed by atoms with Gasteiger partial charge in [-0.2, -0.15) is 0 Å². The minimum atomic E-state index is -0.532. The summed E-state index contributed by atoms with van der Waals surface area (Å²) < 4.78 is 12.9. The number of ether oxygens (including phenoxy) is 2. The van der Waals surface area contributed by atoms with E-state index >= 15 is 0 Å². The molecule has 0 spiro atoms. The van der Waals surface area contributed by atoms with Crippen molar-refractivity contribution >= 4 is 17.7 Å². The number of aryl methyl sites for hydroxylation is 1. The van der Waals surface area contributed by atoms with Crippen molar-refractivity contribution < 1.29 is 14.3 Å². The Morgan fingerprint density at radius 2 is 2.00 bits per heavy atom. The van der Waals surface area contributed by atoms with Crippen LogP contribution < -0.4 is 14.8 Å². The predicted octanol–water partition coefficient (Wildman–Crippen LogP) is 4.81. The Morgan fingerprint density at radius 1 is 1.30 bits per heavy atom. The first-order valence-corrected chi connectivity index (χ1v) is 9.37. The Balaban J connectivity index is 2.15. The van der Waals surface area contributed by atoms with Crippen LogP contribution in [0.25, 0.3) is 0 Å². The number of hydrogen-bond donors (Lipinski definition) is 1. The van der Waals surface area contributed by atoms with Gasteiger partial charge in [-0.1, -0.05) is 25.4 Å². The summed E-state index contributed by atoms with van der Waals surface area (Å²) >= 11 is 6.16. The van der Waals surface area contributed by atoms with Crippen LogP contribution in [0.4, 0.5) is 4.79 Å². The standard InChI is InChI=1S/C20H28ClN3O3/c1-13(2)12-26-17-8-7-16(21)10-15(17)11-24-14(3)9-18(23-24)27-19(25)22-20(4,5)6/h7-10,13H,11-12H2,1-6H3,(H,22,25). The highest BCUT2D eigenvalue weighted by molar-refractivity contribution is 6.30. The number of aromatic nitrogens is 2. The summed E-state index contributed by atoms with van der Waals surface area (Å²) in [5.74, 6) is 1.44. The molecule has 0 atom stereocenters. The van der Waals surface area contributed by atoms with Crippen molar-refractivity contribution in [2.75, 3.05) is 6.61 Å². The summed E-state index contributed by atoms with van der Waals surface area (Å²) in [6.07, 6.45) is -0.532. The molecule has 0 saturated carbocycles. The second-order valence-electron chi connectivity index (χ2n) is 8.00. The average molecular weight is 394 g/mol. The van der Waals surface area contributed by atoms with Crippen molar-refractivity contribution in [3.63, 3.8) is 0 Å². The molecule has 0 radical (unpaired) electrons. The predicted molar refractivity (Wildman–Crippen MR) is 107 cm³/mol. The van der Waals surface area contributed by atoms with Crippen molar-refractivity contribution in [1.29, 1.82) is 0 Å². The fourth-order valence-electron chi connectivity index (χ4n) is 2.35. The molecule has 0 aliphatic heterocycles. The molecule has 6 nitrogen and oxygen atoms in total. The Labute approximate surface area is 165 Å². The van der Waals surface area contributed by atoms with Gasteiger partial charge in [0.15, 0.2) is 0 Å². The van der Waals surface area contributed by atoms with E-state index in [4.69, 9.17) is 21.1 Å². The topological polar surface area (TPSA) is 65.4 Å². The fourth-order valence-corrected chi connectivity index (χ4v) is 2.54. The van der Waals surface area contributed by atoms with Crippen molar-refractivity contribution in [3.05, 3.63) is 40.5 Å². The number of benzene rings is 1. The number of halogens is 1. The molecule has 1 aromatic heterocycles. The quantitative estimate of drug-likeness (QED) is 0.764. The SMILES string of the molecule is Cc1cc(OC(=O)NC(C)(C)C)nn1Cc1cc(Cl)ccc1OCC(C)C. The lowest BCUT2D eigenvalue weighted by molar-refractivity contribution is 0.188. The van der Waals surface area contributed by atoms with E-state index in [2.05, 4.69) is 24.3 Å². The monoisotopic (exact) mass is 393 g/mol. The average Bonchev–Trinajstić information content (AvgIpc) is 2.83. The Hall–Kier alpha value is -2.21. The Morgan fingerprint density at radius 3 is 2.63 bits per heavy atom. The molecule has 0 unspecified atom stereocenters. The molecule has 0 fully saturated rings. The van der Waals surface area contributed by atoms with Gasteiger partial charge in [-0.05, 0) is 51.8 Å². The van der Waals surface area contributed by atoms with Gasteiger partial charge in [-0.25, -0.2) is 4.79 Å². The fraction of sp³-hybridized carbons (Fsp3) is 0.500. The van der Waals surface area contributed by atoms with E-state index < -0.39 is 6.09 Å². The first-order valence-electron chi connectivity index (χ1n) is 8.99. The van der Waals surface area contributed by atoms with Crippen LogP contribution in [0.5, 0.6) is 11.6 Å². The molecule has 0 aliphatic carbocycles. The maximum atomic E-state index is 11.9. The van der Waals surface area contributed by atoms with Gasteiger partial charge >= 0.3 is 6.09 Å². The molecule has 0 bridgehead atoms. The molecule has 2 rings (SSSR count). The van der Waals surface area contributed by atoms with Crippen LogP contribution in [-0.4, -0.2) is 28.0 Å². The van der Waals surface area contributed by atoms with E-state index in [0.717, 1.165) is 17.0 Å². The third-order valence-electron chi connectivity index (χ3n) is 3.55. The maximum Gasteiger partial charge on any atom is 0.414 e. The first kappa shape index (κ1) is 21.1. The minimum absolute atomic E-state index is 0.251. The van der Waals surface area contributed by atoms with Gasteiger partial charge in [0.1, 0.15) is 5.75 Å². The molecule has 0 aliphatic rings. The molecular formula is C20H28ClN3O3. The van der Waals surface area contributed by atoms with E-state index in [1.807, 2.05) is 45.9 Å². The highest BCUT2D eigenvalue weighted by Gasteiger charge is 2.17. The zero-order valence-electron chi connectivity index (χ0n) is 16.8. The van der Waals surface area contributed by atoms with Crippen LogP contribution >= 0.6 is 11.6 Å². The van der Waals surface area contributed by atoms with Gasteiger partial charge in [0.05, 0.1) is 13.2 Å². The van der Waals surface area contributed by atoms with E-state index in [0.29, 0.717) is 24.1 Å². The van der Waals surface area contributed by atoms with Crippen molar-refractivity contribution in [3.8, 4) is 11.6 Å². The van der Waals surface area contributed by atoms with Crippen molar-refractivity contribution in [2.45, 2.75) is 53.6 Å². The summed E-state index contributed by atoms with van der Waals surface area (Å²) in [7, 11) is 0. The second-order valence-corrected chi connectivity index (χ2v) is 8.44. The Kier molecular flexibility index (Phi) is 6.76. The first-order chi connectivity index (χ1) is 12.5. The lowest BCUT2D eigenvalue weighted by Crippen LogP contribution is -2.42. The van der Waals surface area contributed by atoms with Crippen LogP contribution in [0.15, 0.2) is 24.3 Å². The number of rotatable bonds is 6. The number of carbonyl (C=O) groups is 1. The largest absolute Gasteiger partial charge is 0.493 e. The zero-order valence-corrected chi connectivity index (χ0v) is 17.6. The highest BCUT2D eigenvalue weighted by Crippen LogP contribution is 2.25. The smallest absolute Gasteiger partial charge is 0.414 e. The van der Waals surface area contributed by atoms with Crippen LogP contribution in [0.2, 0.25) is 5.02 Å². The van der Waals surface area contributed by atoms with Crippen molar-refractivity contribution in [1.82, 2.24) is 15.1 Å². The summed E-state index contributed by atoms with van der Waals surface area (Å²) in [6, 6.07) is 7.27. The minimum Gasteiger partial charge on any atom is -0.493 e. The van der Waals surface area contributed by atoms with Gasteiger partial charge in [-0.3, -0.25) is 4.68 Å². The molecule has 1 heterocycles. The molecule has 1 aromatic carbocycles. The second kappa shape index (κ2) is 8.65. The van der Waals surface area contributed by atoms with E-state index in [9.17, 15) is 4.79 Å². The lowest BCUT2D eigenvalue weighted by Gasteiger charge is -2.19. The van der Waals surface area contributed by atoms with Gasteiger partial charge in [0.25, 0.3) is 0 Å². The summed E-state index contributed by atoms with van der Waals surface area (Å²) in [5.41, 5.74) is 1.40. The molecule has 148 valence electrons. The zero-order chi connectivity index (χ0) is 20.2. The molecule has 2 aromatic rings. The number of amides is 1. The van der Waals surface area contributed by atoms with Gasteiger partial charge in [-0.15, -0.1) is 5.10 Å². The maximum absolute atomic E-state index is 11.9. The summed E-state index contributed by atoms with van der Waals surface area (Å²) in [5, 5.41) is 7.75. The van der Waals surface area contributed by atoms with Gasteiger partial charge in [0.2, 0.25) is 5.88 Å². The van der Waals surface area contributed by atoms with E-state index in [-0.39, 0.29) is 11.4 Å². The molecule has 7 heteroatoms. The molecule has 1 N–H and O–H groups in total. The third kappa shape index (κ3) is 6.79. The van der Waals surface area contributed by atoms with Crippen molar-refractivity contribution in [2.24, 2.45) is 5.92 Å². The summed E-state index contributed by atoms with van der Waals surface area (Å²) in [6.45, 7) is 12.8. The number of nitrogens with one attached hydrogen (secondary N) is 1. The Bertz CT molecular complexity index is 794. The number of nitrogens with zero attached hydrogens (tertiary/aromatic N) is 2. The van der Waals surface area contributed by atoms with Gasteiger partial charge in [0, 0.05) is 27.9 Å². The third-order valence-corrected chi connectivity index (χ3v) is 3.78. The molecule has 0 saturated heterocycles. The molecule has 27 heavy (non-hydrogen) atoms. The normalized spacial score (nSPS) is 11.6.